The molecule has 17 heavy (non-hydrogen) atoms. The van der Waals surface area contributed by atoms with Crippen LogP contribution in [0.25, 0.3) is 0 Å². The molecular weight excluding hydrogens is 218 g/mol. The number of hydrogen-bond acceptors (Lipinski definition) is 2. The van der Waals surface area contributed by atoms with Gasteiger partial charge in [0, 0.05) is 0 Å². The van der Waals surface area contributed by atoms with Crippen LogP contribution in [0.3, 0.4) is 0 Å². The lowest BCUT2D eigenvalue weighted by molar-refractivity contribution is -0.145. The summed E-state index contributed by atoms with van der Waals surface area (Å²) in [5.41, 5.74) is 2.16. The molecule has 1 N–H and O–H groups in total. The fourth-order valence-electron chi connectivity index (χ4n) is 2.36. The molecule has 1 saturated heterocycles. The normalized spacial score (nSPS) is 23.7. The van der Waals surface area contributed by atoms with Crippen molar-refractivity contribution < 1.29 is 14.7 Å². The summed E-state index contributed by atoms with van der Waals surface area (Å²) in [4.78, 5) is 23.4. The Hall–Kier alpha value is -1.84. The van der Waals surface area contributed by atoms with Gasteiger partial charge in [0.1, 0.15) is 6.04 Å². The number of carbonyl (C=O) groups is 2. The second-order valence-electron chi connectivity index (χ2n) is 4.41. The third-order valence-electron chi connectivity index (χ3n) is 3.30. The predicted molar refractivity (Wildman–Crippen MR) is 62.5 cm³/mol. The minimum absolute atomic E-state index is 0.103. The molecule has 1 aromatic rings. The van der Waals surface area contributed by atoms with Crippen molar-refractivity contribution in [1.82, 2.24) is 4.90 Å². The van der Waals surface area contributed by atoms with Gasteiger partial charge in [0.25, 0.3) is 0 Å². The maximum Gasteiger partial charge on any atom is 0.326 e. The van der Waals surface area contributed by atoms with E-state index >= 15 is 0 Å². The summed E-state index contributed by atoms with van der Waals surface area (Å²) in [6, 6.07) is 7.09. The van der Waals surface area contributed by atoms with Crippen molar-refractivity contribution in [3.63, 3.8) is 0 Å². The van der Waals surface area contributed by atoms with Crippen LogP contribution in [0.2, 0.25) is 0 Å². The van der Waals surface area contributed by atoms with Gasteiger partial charge in [-0.2, -0.15) is 0 Å². The quantitative estimate of drug-likeness (QED) is 0.809. The maximum atomic E-state index is 11.0. The molecule has 0 bridgehead atoms. The van der Waals surface area contributed by atoms with Crippen molar-refractivity contribution in [3.05, 3.63) is 35.4 Å². The Labute approximate surface area is 99.9 Å². The Morgan fingerprint density at radius 1 is 1.35 bits per heavy atom. The standard InChI is InChI=1S/C13H15NO3/c1-9-2-4-10(5-3-9)11-6-7-12(13(16)17)14(11)8-15/h2-5,8,11-12H,6-7H2,1H3,(H,16,17)/t11-,12+/m1/s1. The Balaban J connectivity index is 2.25. The van der Waals surface area contributed by atoms with E-state index in [4.69, 9.17) is 5.11 Å². The summed E-state index contributed by atoms with van der Waals surface area (Å²) < 4.78 is 0. The molecule has 0 unspecified atom stereocenters. The van der Waals surface area contributed by atoms with E-state index in [-0.39, 0.29) is 6.04 Å². The number of aliphatic carboxylic acids is 1. The van der Waals surface area contributed by atoms with Gasteiger partial charge in [0.2, 0.25) is 6.41 Å². The topological polar surface area (TPSA) is 57.6 Å². The summed E-state index contributed by atoms with van der Waals surface area (Å²) in [7, 11) is 0. The number of rotatable bonds is 3. The molecule has 1 aromatic carbocycles. The number of hydrogen-bond donors (Lipinski definition) is 1. The van der Waals surface area contributed by atoms with Crippen molar-refractivity contribution in [2.75, 3.05) is 0 Å². The first-order valence-corrected chi connectivity index (χ1v) is 5.65. The molecule has 4 heteroatoms. The molecule has 2 rings (SSSR count). The smallest absolute Gasteiger partial charge is 0.326 e. The molecule has 90 valence electrons. The largest absolute Gasteiger partial charge is 0.480 e. The van der Waals surface area contributed by atoms with Crippen LogP contribution < -0.4 is 0 Å². The third kappa shape index (κ3) is 2.16. The molecule has 1 aliphatic rings. The summed E-state index contributed by atoms with van der Waals surface area (Å²) in [6.45, 7) is 2.00. The molecule has 1 fully saturated rings. The van der Waals surface area contributed by atoms with Crippen LogP contribution in [0.1, 0.15) is 30.0 Å². The molecule has 4 nitrogen and oxygen atoms in total. The SMILES string of the molecule is Cc1ccc([C@H]2CC[C@@H](C(=O)O)N2C=O)cc1. The van der Waals surface area contributed by atoms with Gasteiger partial charge in [-0.05, 0) is 25.3 Å². The van der Waals surface area contributed by atoms with Crippen LogP contribution in [-0.2, 0) is 9.59 Å². The van der Waals surface area contributed by atoms with Crippen molar-refractivity contribution >= 4 is 12.4 Å². The van der Waals surface area contributed by atoms with Gasteiger partial charge in [-0.15, -0.1) is 0 Å². The first-order valence-electron chi connectivity index (χ1n) is 5.65. The van der Waals surface area contributed by atoms with Crippen LogP contribution in [0.15, 0.2) is 24.3 Å². The molecule has 0 aromatic heterocycles. The highest BCUT2D eigenvalue weighted by molar-refractivity contribution is 5.77. The average molecular weight is 233 g/mol. The minimum Gasteiger partial charge on any atom is -0.480 e. The van der Waals surface area contributed by atoms with E-state index in [1.807, 2.05) is 31.2 Å². The fourth-order valence-corrected chi connectivity index (χ4v) is 2.36. The highest BCUT2D eigenvalue weighted by atomic mass is 16.4. The first kappa shape index (κ1) is 11.6. The van der Waals surface area contributed by atoms with Gasteiger partial charge < -0.3 is 10.0 Å². The lowest BCUT2D eigenvalue weighted by Crippen LogP contribution is -2.36. The zero-order valence-corrected chi connectivity index (χ0v) is 9.67. The van der Waals surface area contributed by atoms with Crippen LogP contribution in [0.5, 0.6) is 0 Å². The molecule has 1 heterocycles. The zero-order chi connectivity index (χ0) is 12.4. The number of benzene rings is 1. The Kier molecular flexibility index (Phi) is 3.13. The van der Waals surface area contributed by atoms with Gasteiger partial charge in [-0.1, -0.05) is 29.8 Å². The van der Waals surface area contributed by atoms with Crippen molar-refractivity contribution in [2.24, 2.45) is 0 Å². The lowest BCUT2D eigenvalue weighted by Gasteiger charge is -2.24. The third-order valence-corrected chi connectivity index (χ3v) is 3.30. The Bertz CT molecular complexity index is 427. The van der Waals surface area contributed by atoms with Gasteiger partial charge in [0.15, 0.2) is 0 Å². The van der Waals surface area contributed by atoms with E-state index < -0.39 is 12.0 Å². The number of carboxylic acids is 1. The van der Waals surface area contributed by atoms with E-state index in [0.717, 1.165) is 11.1 Å². The summed E-state index contributed by atoms with van der Waals surface area (Å²) >= 11 is 0. The molecule has 0 aliphatic carbocycles. The molecule has 0 saturated carbocycles. The number of amides is 1. The van der Waals surface area contributed by atoms with E-state index in [1.165, 1.54) is 4.90 Å². The van der Waals surface area contributed by atoms with Crippen LogP contribution >= 0.6 is 0 Å². The van der Waals surface area contributed by atoms with E-state index in [9.17, 15) is 9.59 Å². The lowest BCUT2D eigenvalue weighted by atomic mass is 10.0. The number of carbonyl (C=O) groups excluding carboxylic acids is 1. The Morgan fingerprint density at radius 2 is 2.00 bits per heavy atom. The molecule has 0 spiro atoms. The second kappa shape index (κ2) is 4.57. The number of nitrogens with zero attached hydrogens (tertiary/aromatic N) is 1. The van der Waals surface area contributed by atoms with E-state index in [1.54, 1.807) is 0 Å². The maximum absolute atomic E-state index is 11.0. The average Bonchev–Trinajstić information content (AvgIpc) is 2.73. The number of likely N-dealkylation sites (tertiary alicyclic amines) is 1. The summed E-state index contributed by atoms with van der Waals surface area (Å²) in [6.07, 6.45) is 1.88. The van der Waals surface area contributed by atoms with Crippen LogP contribution in [0.4, 0.5) is 0 Å². The monoisotopic (exact) mass is 233 g/mol. The summed E-state index contributed by atoms with van der Waals surface area (Å²) in [5, 5.41) is 9.02. The van der Waals surface area contributed by atoms with Crippen molar-refractivity contribution in [1.29, 1.82) is 0 Å². The molecule has 1 aliphatic heterocycles. The predicted octanol–water partition coefficient (Wildman–Crippen LogP) is 1.74. The van der Waals surface area contributed by atoms with Gasteiger partial charge in [-0.25, -0.2) is 4.79 Å². The summed E-state index contributed by atoms with van der Waals surface area (Å²) in [5.74, 6) is -0.924. The van der Waals surface area contributed by atoms with Gasteiger partial charge in [-0.3, -0.25) is 4.79 Å². The van der Waals surface area contributed by atoms with Gasteiger partial charge in [0.05, 0.1) is 6.04 Å². The number of aryl methyl sites for hydroxylation is 1. The number of carboxylic acid groups (broad SMARTS) is 1. The highest BCUT2D eigenvalue weighted by Gasteiger charge is 2.37. The second-order valence-corrected chi connectivity index (χ2v) is 4.41. The molecule has 1 amide bonds. The van der Waals surface area contributed by atoms with E-state index in [2.05, 4.69) is 0 Å². The molecule has 0 radical (unpaired) electrons. The van der Waals surface area contributed by atoms with Crippen LogP contribution in [0, 0.1) is 6.92 Å². The minimum atomic E-state index is -0.924. The van der Waals surface area contributed by atoms with Crippen molar-refractivity contribution in [3.8, 4) is 0 Å². The Morgan fingerprint density at radius 3 is 2.53 bits per heavy atom. The van der Waals surface area contributed by atoms with Gasteiger partial charge >= 0.3 is 5.97 Å². The van der Waals surface area contributed by atoms with Crippen molar-refractivity contribution in [2.45, 2.75) is 31.8 Å². The first-order chi connectivity index (χ1) is 8.13. The fraction of sp³-hybridized carbons (Fsp3) is 0.385. The van der Waals surface area contributed by atoms with Crippen LogP contribution in [-0.4, -0.2) is 28.4 Å². The van der Waals surface area contributed by atoms with E-state index in [0.29, 0.717) is 19.3 Å². The highest BCUT2D eigenvalue weighted by Crippen LogP contribution is 2.34. The molecular formula is C13H15NO3. The zero-order valence-electron chi connectivity index (χ0n) is 9.67. The molecule has 2 atom stereocenters.